The number of hydrogen-bond acceptors (Lipinski definition) is 5. The second-order valence-corrected chi connectivity index (χ2v) is 6.39. The van der Waals surface area contributed by atoms with Gasteiger partial charge in [-0.3, -0.25) is 9.69 Å². The summed E-state index contributed by atoms with van der Waals surface area (Å²) < 4.78 is 16.9. The van der Waals surface area contributed by atoms with E-state index in [0.29, 0.717) is 24.7 Å². The Morgan fingerprint density at radius 1 is 1.26 bits per heavy atom. The van der Waals surface area contributed by atoms with Gasteiger partial charge in [-0.2, -0.15) is 0 Å². The first-order valence-electron chi connectivity index (χ1n) is 7.91. The van der Waals surface area contributed by atoms with Gasteiger partial charge in [-0.05, 0) is 44.0 Å². The Morgan fingerprint density at radius 3 is 2.61 bits per heavy atom. The number of methoxy groups -OCH3 is 2. The maximum Gasteiger partial charge on any atom is 0.323 e. The zero-order valence-electron chi connectivity index (χ0n) is 13.9. The highest BCUT2D eigenvalue weighted by molar-refractivity contribution is 9.10. The van der Waals surface area contributed by atoms with Crippen molar-refractivity contribution in [3.05, 3.63) is 22.2 Å². The van der Waals surface area contributed by atoms with Crippen LogP contribution in [-0.2, 0) is 16.1 Å². The number of ether oxygens (including phenoxy) is 3. The van der Waals surface area contributed by atoms with Gasteiger partial charge >= 0.3 is 5.97 Å². The monoisotopic (exact) mass is 385 g/mol. The molecule has 0 bridgehead atoms. The van der Waals surface area contributed by atoms with Crippen LogP contribution in [0.4, 0.5) is 0 Å². The molecule has 1 fully saturated rings. The fourth-order valence-electron chi connectivity index (χ4n) is 2.92. The van der Waals surface area contributed by atoms with Crippen molar-refractivity contribution in [3.63, 3.8) is 0 Å². The van der Waals surface area contributed by atoms with Crippen LogP contribution >= 0.6 is 15.9 Å². The molecule has 0 aromatic heterocycles. The van der Waals surface area contributed by atoms with Crippen molar-refractivity contribution in [1.29, 1.82) is 0 Å². The lowest BCUT2D eigenvalue weighted by molar-refractivity contribution is -0.151. The van der Waals surface area contributed by atoms with Crippen molar-refractivity contribution in [2.75, 3.05) is 27.4 Å². The molecule has 0 unspecified atom stereocenters. The van der Waals surface area contributed by atoms with Crippen LogP contribution in [-0.4, -0.2) is 44.3 Å². The van der Waals surface area contributed by atoms with Crippen LogP contribution in [0.3, 0.4) is 0 Å². The first-order valence-corrected chi connectivity index (χ1v) is 8.71. The van der Waals surface area contributed by atoms with Crippen molar-refractivity contribution in [2.45, 2.75) is 38.8 Å². The third kappa shape index (κ3) is 4.38. The van der Waals surface area contributed by atoms with Crippen molar-refractivity contribution >= 4 is 21.9 Å². The SMILES string of the molecule is CCOC(=O)[C@@H]1CCCCN1Cc1cc(OC)c(OC)cc1Br. The number of hydrogen-bond donors (Lipinski definition) is 0. The van der Waals surface area contributed by atoms with Crippen LogP contribution in [0, 0.1) is 0 Å². The molecule has 1 aliphatic heterocycles. The number of benzene rings is 1. The second-order valence-electron chi connectivity index (χ2n) is 5.53. The van der Waals surface area contributed by atoms with Crippen LogP contribution in [0.25, 0.3) is 0 Å². The van der Waals surface area contributed by atoms with E-state index in [0.717, 1.165) is 35.8 Å². The molecule has 2 rings (SSSR count). The first kappa shape index (κ1) is 18.1. The Balaban J connectivity index is 2.20. The Kier molecular flexibility index (Phi) is 6.72. The van der Waals surface area contributed by atoms with Crippen molar-refractivity contribution in [2.24, 2.45) is 0 Å². The fraction of sp³-hybridized carbons (Fsp3) is 0.588. The Bertz CT molecular complexity index is 550. The molecule has 0 saturated carbocycles. The second kappa shape index (κ2) is 8.55. The van der Waals surface area contributed by atoms with Crippen molar-refractivity contribution in [3.8, 4) is 11.5 Å². The Hall–Kier alpha value is -1.27. The Labute approximate surface area is 146 Å². The van der Waals surface area contributed by atoms with Gasteiger partial charge < -0.3 is 14.2 Å². The summed E-state index contributed by atoms with van der Waals surface area (Å²) in [5.41, 5.74) is 1.07. The molecule has 6 heteroatoms. The molecule has 0 amide bonds. The number of halogens is 1. The zero-order valence-corrected chi connectivity index (χ0v) is 15.5. The molecule has 1 heterocycles. The van der Waals surface area contributed by atoms with Gasteiger partial charge in [-0.15, -0.1) is 0 Å². The van der Waals surface area contributed by atoms with Crippen LogP contribution < -0.4 is 9.47 Å². The molecule has 1 aliphatic rings. The molecule has 23 heavy (non-hydrogen) atoms. The largest absolute Gasteiger partial charge is 0.493 e. The number of esters is 1. The van der Waals surface area contributed by atoms with Gasteiger partial charge in [0, 0.05) is 11.0 Å². The molecular formula is C17H24BrNO4. The third-order valence-electron chi connectivity index (χ3n) is 4.10. The first-order chi connectivity index (χ1) is 11.1. The number of carbonyl (C=O) groups is 1. The average Bonchev–Trinajstić information content (AvgIpc) is 2.57. The van der Waals surface area contributed by atoms with Gasteiger partial charge in [-0.25, -0.2) is 0 Å². The molecule has 5 nitrogen and oxygen atoms in total. The lowest BCUT2D eigenvalue weighted by Crippen LogP contribution is -2.45. The van der Waals surface area contributed by atoms with E-state index in [2.05, 4.69) is 20.8 Å². The highest BCUT2D eigenvalue weighted by Gasteiger charge is 2.30. The lowest BCUT2D eigenvalue weighted by Gasteiger charge is -2.34. The molecule has 1 saturated heterocycles. The maximum atomic E-state index is 12.2. The van der Waals surface area contributed by atoms with Gasteiger partial charge in [0.1, 0.15) is 6.04 Å². The molecular weight excluding hydrogens is 362 g/mol. The van der Waals surface area contributed by atoms with Crippen LogP contribution in [0.5, 0.6) is 11.5 Å². The summed E-state index contributed by atoms with van der Waals surface area (Å²) >= 11 is 3.59. The third-order valence-corrected chi connectivity index (χ3v) is 4.84. The smallest absolute Gasteiger partial charge is 0.323 e. The van der Waals surface area contributed by atoms with Gasteiger partial charge in [0.2, 0.25) is 0 Å². The van der Waals surface area contributed by atoms with Crippen molar-refractivity contribution < 1.29 is 19.0 Å². The van der Waals surface area contributed by atoms with E-state index >= 15 is 0 Å². The summed E-state index contributed by atoms with van der Waals surface area (Å²) in [5.74, 6) is 1.25. The molecule has 1 aromatic carbocycles. The van der Waals surface area contributed by atoms with E-state index in [4.69, 9.17) is 14.2 Å². The number of carbonyl (C=O) groups excluding carboxylic acids is 1. The molecule has 128 valence electrons. The van der Waals surface area contributed by atoms with E-state index in [-0.39, 0.29) is 12.0 Å². The zero-order chi connectivity index (χ0) is 16.8. The van der Waals surface area contributed by atoms with E-state index in [9.17, 15) is 4.79 Å². The number of nitrogens with zero attached hydrogens (tertiary/aromatic N) is 1. The molecule has 1 aromatic rings. The summed E-state index contributed by atoms with van der Waals surface area (Å²) in [6, 6.07) is 3.70. The highest BCUT2D eigenvalue weighted by Crippen LogP contribution is 2.34. The maximum absolute atomic E-state index is 12.2. The summed E-state index contributed by atoms with van der Waals surface area (Å²) in [5, 5.41) is 0. The summed E-state index contributed by atoms with van der Waals surface area (Å²) in [7, 11) is 3.24. The molecule has 0 spiro atoms. The van der Waals surface area contributed by atoms with Crippen LogP contribution in [0.2, 0.25) is 0 Å². The highest BCUT2D eigenvalue weighted by atomic mass is 79.9. The number of rotatable bonds is 6. The van der Waals surface area contributed by atoms with E-state index in [1.165, 1.54) is 0 Å². The standard InChI is InChI=1S/C17H24BrNO4/c1-4-23-17(20)14-7-5-6-8-19(14)11-12-9-15(21-2)16(22-3)10-13(12)18/h9-10,14H,4-8,11H2,1-3H3/t14-/m0/s1. The van der Waals surface area contributed by atoms with Gasteiger partial charge in [0.05, 0.1) is 20.8 Å². The normalized spacial score (nSPS) is 18.5. The molecule has 0 radical (unpaired) electrons. The minimum atomic E-state index is -0.163. The fourth-order valence-corrected chi connectivity index (χ4v) is 3.37. The summed E-state index contributed by atoms with van der Waals surface area (Å²) in [6.07, 6.45) is 3.01. The summed E-state index contributed by atoms with van der Waals surface area (Å²) in [4.78, 5) is 14.4. The minimum Gasteiger partial charge on any atom is -0.493 e. The van der Waals surface area contributed by atoms with E-state index in [1.807, 2.05) is 19.1 Å². The predicted octanol–water partition coefficient (Wildman–Crippen LogP) is 3.38. The number of piperidine rings is 1. The van der Waals surface area contributed by atoms with Crippen molar-refractivity contribution in [1.82, 2.24) is 4.90 Å². The van der Waals surface area contributed by atoms with E-state index in [1.54, 1.807) is 14.2 Å². The quantitative estimate of drug-likeness (QED) is 0.702. The molecule has 1 atom stereocenters. The van der Waals surface area contributed by atoms with E-state index < -0.39 is 0 Å². The average molecular weight is 386 g/mol. The van der Waals surface area contributed by atoms with Gasteiger partial charge in [-0.1, -0.05) is 22.4 Å². The predicted molar refractivity (Wildman–Crippen MR) is 91.9 cm³/mol. The van der Waals surface area contributed by atoms with Gasteiger partial charge in [0.15, 0.2) is 11.5 Å². The van der Waals surface area contributed by atoms with Crippen LogP contribution in [0.15, 0.2) is 16.6 Å². The minimum absolute atomic E-state index is 0.121. The molecule has 0 aliphatic carbocycles. The summed E-state index contributed by atoms with van der Waals surface area (Å²) in [6.45, 7) is 3.83. The van der Waals surface area contributed by atoms with Gasteiger partial charge in [0.25, 0.3) is 0 Å². The molecule has 0 N–H and O–H groups in total. The number of likely N-dealkylation sites (tertiary alicyclic amines) is 1. The lowest BCUT2D eigenvalue weighted by atomic mass is 10.0. The topological polar surface area (TPSA) is 48.0 Å². The Morgan fingerprint density at radius 2 is 1.96 bits per heavy atom. The van der Waals surface area contributed by atoms with Crippen LogP contribution in [0.1, 0.15) is 31.7 Å².